The van der Waals surface area contributed by atoms with Crippen LogP contribution in [0.1, 0.15) is 23.7 Å². The van der Waals surface area contributed by atoms with Crippen molar-refractivity contribution in [3.63, 3.8) is 0 Å². The summed E-state index contributed by atoms with van der Waals surface area (Å²) in [7, 11) is 1.60. The fourth-order valence-corrected chi connectivity index (χ4v) is 2.53. The third-order valence-electron chi connectivity index (χ3n) is 4.06. The highest BCUT2D eigenvalue weighted by atomic mass is 16.5. The van der Waals surface area contributed by atoms with Crippen molar-refractivity contribution in [3.8, 4) is 17.3 Å². The maximum atomic E-state index is 5.60. The van der Waals surface area contributed by atoms with Gasteiger partial charge in [0.05, 0.1) is 25.9 Å². The molecule has 7 nitrogen and oxygen atoms in total. The zero-order valence-electron chi connectivity index (χ0n) is 16.4. The number of oxazole rings is 1. The van der Waals surface area contributed by atoms with Crippen LogP contribution in [-0.4, -0.2) is 29.6 Å². The van der Waals surface area contributed by atoms with Gasteiger partial charge >= 0.3 is 0 Å². The van der Waals surface area contributed by atoms with Crippen molar-refractivity contribution in [2.75, 3.05) is 13.7 Å². The predicted octanol–water partition coefficient (Wildman–Crippen LogP) is 3.31. The van der Waals surface area contributed by atoms with E-state index in [-0.39, 0.29) is 0 Å². The van der Waals surface area contributed by atoms with Gasteiger partial charge in [-0.15, -0.1) is 0 Å². The first-order chi connectivity index (χ1) is 13.7. The van der Waals surface area contributed by atoms with E-state index in [0.29, 0.717) is 30.8 Å². The third kappa shape index (κ3) is 5.33. The van der Waals surface area contributed by atoms with Crippen LogP contribution in [-0.2, 0) is 13.1 Å². The van der Waals surface area contributed by atoms with Gasteiger partial charge in [0.1, 0.15) is 6.26 Å². The van der Waals surface area contributed by atoms with Crippen molar-refractivity contribution in [2.24, 2.45) is 4.99 Å². The lowest BCUT2D eigenvalue weighted by molar-refractivity contribution is 0.397. The molecule has 0 spiro atoms. The molecule has 0 saturated heterocycles. The lowest BCUT2D eigenvalue weighted by Crippen LogP contribution is -2.36. The molecule has 2 heterocycles. The number of ether oxygens (including phenoxy) is 1. The van der Waals surface area contributed by atoms with Crippen molar-refractivity contribution in [1.82, 2.24) is 20.6 Å². The molecule has 0 amide bonds. The third-order valence-corrected chi connectivity index (χ3v) is 4.06. The number of nitrogens with zero attached hydrogens (tertiary/aromatic N) is 3. The highest BCUT2D eigenvalue weighted by Gasteiger charge is 2.07. The molecule has 0 aliphatic carbocycles. The molecule has 0 radical (unpaired) electrons. The SMILES string of the molecule is CCNC(=NCc1ccc(OC)nc1)NCc1coc(-c2ccc(C)cc2)n1. The minimum absolute atomic E-state index is 0.514. The van der Waals surface area contributed by atoms with E-state index in [9.17, 15) is 0 Å². The minimum atomic E-state index is 0.514. The summed E-state index contributed by atoms with van der Waals surface area (Å²) in [6, 6.07) is 11.9. The average molecular weight is 379 g/mol. The molecule has 146 valence electrons. The second kappa shape index (κ2) is 9.55. The molecule has 0 saturated carbocycles. The summed E-state index contributed by atoms with van der Waals surface area (Å²) in [5.41, 5.74) is 3.98. The van der Waals surface area contributed by atoms with Gasteiger partial charge in [0.15, 0.2) is 5.96 Å². The van der Waals surface area contributed by atoms with E-state index in [1.54, 1.807) is 19.6 Å². The Morgan fingerprint density at radius 1 is 1.14 bits per heavy atom. The number of hydrogen-bond acceptors (Lipinski definition) is 5. The Bertz CT molecular complexity index is 901. The topological polar surface area (TPSA) is 84.6 Å². The first kappa shape index (κ1) is 19.4. The Hall–Kier alpha value is -3.35. The minimum Gasteiger partial charge on any atom is -0.481 e. The second-order valence-electron chi connectivity index (χ2n) is 6.27. The van der Waals surface area contributed by atoms with Crippen molar-refractivity contribution < 1.29 is 9.15 Å². The molecule has 1 aromatic carbocycles. The lowest BCUT2D eigenvalue weighted by Gasteiger charge is -2.10. The van der Waals surface area contributed by atoms with Crippen LogP contribution < -0.4 is 15.4 Å². The highest BCUT2D eigenvalue weighted by molar-refractivity contribution is 5.79. The summed E-state index contributed by atoms with van der Waals surface area (Å²) in [4.78, 5) is 13.3. The summed E-state index contributed by atoms with van der Waals surface area (Å²) >= 11 is 0. The molecule has 0 unspecified atom stereocenters. The Morgan fingerprint density at radius 3 is 2.64 bits per heavy atom. The van der Waals surface area contributed by atoms with Crippen molar-refractivity contribution in [1.29, 1.82) is 0 Å². The monoisotopic (exact) mass is 379 g/mol. The van der Waals surface area contributed by atoms with Crippen LogP contribution in [0.3, 0.4) is 0 Å². The van der Waals surface area contributed by atoms with Crippen LogP contribution in [0.25, 0.3) is 11.5 Å². The van der Waals surface area contributed by atoms with Gasteiger partial charge in [-0.25, -0.2) is 15.0 Å². The predicted molar refractivity (Wildman–Crippen MR) is 109 cm³/mol. The Labute approximate surface area is 164 Å². The average Bonchev–Trinajstić information content (AvgIpc) is 3.20. The summed E-state index contributed by atoms with van der Waals surface area (Å²) in [6.07, 6.45) is 3.43. The molecule has 2 aromatic heterocycles. The lowest BCUT2D eigenvalue weighted by atomic mass is 10.1. The zero-order chi connectivity index (χ0) is 19.8. The first-order valence-electron chi connectivity index (χ1n) is 9.20. The summed E-state index contributed by atoms with van der Waals surface area (Å²) in [5.74, 6) is 1.91. The number of guanidine groups is 1. The van der Waals surface area contributed by atoms with E-state index in [1.165, 1.54) is 5.56 Å². The number of aryl methyl sites for hydroxylation is 1. The van der Waals surface area contributed by atoms with Gasteiger partial charge in [0.25, 0.3) is 0 Å². The largest absolute Gasteiger partial charge is 0.481 e. The number of hydrogen-bond donors (Lipinski definition) is 2. The maximum Gasteiger partial charge on any atom is 0.226 e. The fourth-order valence-electron chi connectivity index (χ4n) is 2.53. The van der Waals surface area contributed by atoms with Crippen LogP contribution in [0.5, 0.6) is 5.88 Å². The molecule has 28 heavy (non-hydrogen) atoms. The van der Waals surface area contributed by atoms with Crippen molar-refractivity contribution in [3.05, 3.63) is 65.7 Å². The van der Waals surface area contributed by atoms with Gasteiger partial charge in [0.2, 0.25) is 11.8 Å². The van der Waals surface area contributed by atoms with Crippen LogP contribution in [0, 0.1) is 6.92 Å². The number of nitrogens with one attached hydrogen (secondary N) is 2. The van der Waals surface area contributed by atoms with E-state index in [0.717, 1.165) is 23.4 Å². The number of benzene rings is 1. The highest BCUT2D eigenvalue weighted by Crippen LogP contribution is 2.19. The van der Waals surface area contributed by atoms with E-state index >= 15 is 0 Å². The van der Waals surface area contributed by atoms with Crippen LogP contribution >= 0.6 is 0 Å². The number of aliphatic imine (C=N–C) groups is 1. The number of pyridine rings is 1. The Balaban J connectivity index is 1.60. The smallest absolute Gasteiger partial charge is 0.226 e. The Morgan fingerprint density at radius 2 is 1.96 bits per heavy atom. The number of methoxy groups -OCH3 is 1. The molecule has 0 atom stereocenters. The van der Waals surface area contributed by atoms with Gasteiger partial charge < -0.3 is 19.8 Å². The van der Waals surface area contributed by atoms with Gasteiger partial charge in [-0.05, 0) is 31.5 Å². The molecule has 2 N–H and O–H groups in total. The molecule has 0 bridgehead atoms. The van der Waals surface area contributed by atoms with Gasteiger partial charge in [0, 0.05) is 24.4 Å². The molecule has 7 heteroatoms. The van der Waals surface area contributed by atoms with Crippen LogP contribution in [0.4, 0.5) is 0 Å². The van der Waals surface area contributed by atoms with E-state index in [2.05, 4.69) is 32.5 Å². The molecular formula is C21H25N5O2. The first-order valence-corrected chi connectivity index (χ1v) is 9.20. The molecular weight excluding hydrogens is 354 g/mol. The standard InChI is InChI=1S/C21H25N5O2/c1-4-22-21(24-12-16-7-10-19(27-3)23-11-16)25-13-18-14-28-20(26-18)17-8-5-15(2)6-9-17/h5-11,14H,4,12-13H2,1-3H3,(H2,22,24,25). The summed E-state index contributed by atoms with van der Waals surface area (Å²) < 4.78 is 10.7. The van der Waals surface area contributed by atoms with Crippen LogP contribution in [0.15, 0.2) is 58.3 Å². The van der Waals surface area contributed by atoms with E-state index < -0.39 is 0 Å². The quantitative estimate of drug-likeness (QED) is 0.484. The van der Waals surface area contributed by atoms with E-state index in [1.807, 2.05) is 43.3 Å². The molecule has 0 aliphatic rings. The fraction of sp³-hybridized carbons (Fsp3) is 0.286. The molecule has 3 rings (SSSR count). The molecule has 0 fully saturated rings. The number of aromatic nitrogens is 2. The normalized spacial score (nSPS) is 11.3. The Kier molecular flexibility index (Phi) is 6.62. The van der Waals surface area contributed by atoms with Crippen LogP contribution in [0.2, 0.25) is 0 Å². The van der Waals surface area contributed by atoms with Gasteiger partial charge in [-0.2, -0.15) is 0 Å². The summed E-state index contributed by atoms with van der Waals surface area (Å²) in [6.45, 7) is 5.87. The second-order valence-corrected chi connectivity index (χ2v) is 6.27. The molecule has 0 aliphatic heterocycles. The van der Waals surface area contributed by atoms with E-state index in [4.69, 9.17) is 9.15 Å². The maximum absolute atomic E-state index is 5.60. The molecule has 3 aromatic rings. The zero-order valence-corrected chi connectivity index (χ0v) is 16.4. The van der Waals surface area contributed by atoms with Crippen molar-refractivity contribution in [2.45, 2.75) is 26.9 Å². The van der Waals surface area contributed by atoms with Gasteiger partial charge in [-0.1, -0.05) is 23.8 Å². The van der Waals surface area contributed by atoms with Gasteiger partial charge in [-0.3, -0.25) is 0 Å². The number of rotatable bonds is 7. The summed E-state index contributed by atoms with van der Waals surface area (Å²) in [5, 5.41) is 6.50. The van der Waals surface area contributed by atoms with Crippen molar-refractivity contribution >= 4 is 5.96 Å².